The summed E-state index contributed by atoms with van der Waals surface area (Å²) < 4.78 is 14.2. The van der Waals surface area contributed by atoms with Crippen molar-refractivity contribution >= 4 is 17.1 Å². The topological polar surface area (TPSA) is 77.8 Å². The number of hydrogen-bond acceptors (Lipinski definition) is 4. The van der Waals surface area contributed by atoms with Crippen LogP contribution in [0.5, 0.6) is 5.75 Å². The number of carboxylic acid groups (broad SMARTS) is 1. The lowest BCUT2D eigenvalue weighted by atomic mass is 9.89. The molecule has 1 aromatic heterocycles. The van der Waals surface area contributed by atoms with Crippen molar-refractivity contribution in [2.45, 2.75) is 43.9 Å². The predicted molar refractivity (Wildman–Crippen MR) is 102 cm³/mol. The first-order chi connectivity index (χ1) is 13.6. The van der Waals surface area contributed by atoms with Crippen molar-refractivity contribution in [3.63, 3.8) is 0 Å². The van der Waals surface area contributed by atoms with Gasteiger partial charge in [0.15, 0.2) is 5.43 Å². The van der Waals surface area contributed by atoms with Crippen LogP contribution in [0.2, 0.25) is 0 Å². The van der Waals surface area contributed by atoms with Crippen LogP contribution >= 0.6 is 0 Å². The van der Waals surface area contributed by atoms with Crippen LogP contribution in [-0.4, -0.2) is 34.5 Å². The summed E-state index contributed by atoms with van der Waals surface area (Å²) in [7, 11) is 0. The van der Waals surface area contributed by atoms with E-state index in [0.717, 1.165) is 53.0 Å². The highest BCUT2D eigenvalue weighted by atomic mass is 16.5. The molecule has 1 saturated heterocycles. The maximum atomic E-state index is 12.4. The van der Waals surface area contributed by atoms with Crippen LogP contribution in [0.4, 0.5) is 0 Å². The van der Waals surface area contributed by atoms with Gasteiger partial charge in [-0.25, -0.2) is 4.79 Å². The van der Waals surface area contributed by atoms with Gasteiger partial charge in [-0.1, -0.05) is 12.1 Å². The van der Waals surface area contributed by atoms with Gasteiger partial charge in [-0.15, -0.1) is 0 Å². The van der Waals surface area contributed by atoms with E-state index in [1.54, 1.807) is 0 Å². The van der Waals surface area contributed by atoms with Gasteiger partial charge in [-0.3, -0.25) is 4.79 Å². The molecule has 6 heteroatoms. The first kappa shape index (κ1) is 16.1. The second-order valence-electron chi connectivity index (χ2n) is 7.96. The van der Waals surface area contributed by atoms with Gasteiger partial charge in [-0.05, 0) is 42.0 Å². The molecule has 0 spiro atoms. The van der Waals surface area contributed by atoms with Gasteiger partial charge >= 0.3 is 5.97 Å². The Bertz CT molecular complexity index is 1120. The van der Waals surface area contributed by atoms with Crippen molar-refractivity contribution in [2.24, 2.45) is 0 Å². The van der Waals surface area contributed by atoms with Gasteiger partial charge in [-0.2, -0.15) is 0 Å². The number of fused-ring (bicyclic) bond motifs is 7. The molecule has 1 N–H and O–H groups in total. The third kappa shape index (κ3) is 2.18. The number of ether oxygens (including phenoxy) is 2. The fourth-order valence-electron chi connectivity index (χ4n) is 4.83. The predicted octanol–water partition coefficient (Wildman–Crippen LogP) is 2.90. The molecule has 2 aromatic rings. The highest BCUT2D eigenvalue weighted by molar-refractivity contribution is 6.00. The summed E-state index contributed by atoms with van der Waals surface area (Å²) in [6.45, 7) is 0.619. The number of aromatic nitrogens is 1. The zero-order chi connectivity index (χ0) is 19.0. The minimum atomic E-state index is -1.19. The quantitative estimate of drug-likeness (QED) is 0.890. The van der Waals surface area contributed by atoms with E-state index in [2.05, 4.69) is 6.07 Å². The Hall–Kier alpha value is -2.86. The monoisotopic (exact) mass is 377 g/mol. The fourth-order valence-corrected chi connectivity index (χ4v) is 4.83. The smallest absolute Gasteiger partial charge is 0.341 e. The Morgan fingerprint density at radius 3 is 2.89 bits per heavy atom. The third-order valence-corrected chi connectivity index (χ3v) is 6.24. The lowest BCUT2D eigenvalue weighted by Crippen LogP contribution is -2.31. The Balaban J connectivity index is 1.55. The number of aromatic carboxylic acids is 1. The van der Waals surface area contributed by atoms with E-state index < -0.39 is 11.4 Å². The van der Waals surface area contributed by atoms with Gasteiger partial charge in [0.1, 0.15) is 17.4 Å². The van der Waals surface area contributed by atoms with E-state index in [9.17, 15) is 14.7 Å². The summed E-state index contributed by atoms with van der Waals surface area (Å²) in [4.78, 5) is 23.9. The average Bonchev–Trinajstić information content (AvgIpc) is 3.20. The Kier molecular flexibility index (Phi) is 3.21. The summed E-state index contributed by atoms with van der Waals surface area (Å²) in [5.41, 5.74) is 4.66. The van der Waals surface area contributed by atoms with Gasteiger partial charge in [0.25, 0.3) is 0 Å². The van der Waals surface area contributed by atoms with Crippen molar-refractivity contribution in [1.29, 1.82) is 0 Å². The van der Waals surface area contributed by atoms with Crippen LogP contribution in [-0.2, 0) is 11.2 Å². The summed E-state index contributed by atoms with van der Waals surface area (Å²) >= 11 is 0. The molecule has 4 aliphatic rings. The molecule has 6 rings (SSSR count). The molecule has 28 heavy (non-hydrogen) atoms. The van der Waals surface area contributed by atoms with E-state index in [0.29, 0.717) is 19.1 Å². The van der Waals surface area contributed by atoms with Gasteiger partial charge in [0.2, 0.25) is 0 Å². The first-order valence-corrected chi connectivity index (χ1v) is 9.75. The van der Waals surface area contributed by atoms with Crippen LogP contribution in [0.3, 0.4) is 0 Å². The molecule has 1 aromatic carbocycles. The number of nitrogens with zero attached hydrogens (tertiary/aromatic N) is 1. The molecule has 2 fully saturated rings. The Labute approximate surface area is 161 Å². The standard InChI is InChI=1S/C22H19NO5/c24-18-9-17-14-8-13-12(2-1-3-19(13)28-11-4-5-11)20(14)21-16(6-7-27-21)23(17)10-15(18)22(25)26/h1-3,9-11,16,21H,4-8H2,(H,25,26)/t16-,21+/m1/s1. The maximum absolute atomic E-state index is 12.4. The van der Waals surface area contributed by atoms with Crippen LogP contribution in [0, 0.1) is 0 Å². The summed E-state index contributed by atoms with van der Waals surface area (Å²) in [5.74, 6) is -0.273. The van der Waals surface area contributed by atoms with Gasteiger partial charge < -0.3 is 19.1 Å². The van der Waals surface area contributed by atoms with Crippen molar-refractivity contribution in [1.82, 2.24) is 4.57 Å². The number of hydrogen-bond donors (Lipinski definition) is 1. The number of allylic oxidation sites excluding steroid dienone is 1. The van der Waals surface area contributed by atoms with Crippen LogP contribution < -0.4 is 10.2 Å². The molecule has 1 saturated carbocycles. The van der Waals surface area contributed by atoms with Crippen molar-refractivity contribution in [3.05, 3.63) is 63.1 Å². The molecular formula is C22H19NO5. The number of carbonyl (C=O) groups is 1. The number of carboxylic acids is 1. The van der Waals surface area contributed by atoms with E-state index in [1.165, 1.54) is 12.3 Å². The molecule has 2 aliphatic heterocycles. The third-order valence-electron chi connectivity index (χ3n) is 6.24. The average molecular weight is 377 g/mol. The van der Waals surface area contributed by atoms with Crippen LogP contribution in [0.15, 0.2) is 35.3 Å². The lowest BCUT2D eigenvalue weighted by molar-refractivity contribution is 0.0693. The molecule has 142 valence electrons. The van der Waals surface area contributed by atoms with E-state index >= 15 is 0 Å². The molecule has 0 radical (unpaired) electrons. The van der Waals surface area contributed by atoms with Crippen molar-refractivity contribution in [2.75, 3.05) is 6.61 Å². The van der Waals surface area contributed by atoms with E-state index in [1.807, 2.05) is 16.7 Å². The lowest BCUT2D eigenvalue weighted by Gasteiger charge is -2.32. The normalized spacial score (nSPS) is 24.4. The second kappa shape index (κ2) is 5.58. The molecule has 2 atom stereocenters. The largest absolute Gasteiger partial charge is 0.490 e. The van der Waals surface area contributed by atoms with Crippen molar-refractivity contribution in [3.8, 4) is 5.75 Å². The number of rotatable bonds is 3. The summed E-state index contributed by atoms with van der Waals surface area (Å²) in [6.07, 6.45) is 5.36. The molecule has 2 aliphatic carbocycles. The zero-order valence-corrected chi connectivity index (χ0v) is 15.2. The molecule has 3 heterocycles. The SMILES string of the molecule is O=C(O)c1cn2c(cc1=O)C1=C(c3cccc(OC4CC4)c3C1)[C@H]1OCC[C@H]12. The molecule has 6 nitrogen and oxygen atoms in total. The first-order valence-electron chi connectivity index (χ1n) is 9.75. The highest BCUT2D eigenvalue weighted by Crippen LogP contribution is 2.52. The number of pyridine rings is 1. The molecule has 0 bridgehead atoms. The van der Waals surface area contributed by atoms with Gasteiger partial charge in [0.05, 0.1) is 12.1 Å². The van der Waals surface area contributed by atoms with E-state index in [-0.39, 0.29) is 17.7 Å². The highest BCUT2D eigenvalue weighted by Gasteiger charge is 2.44. The van der Waals surface area contributed by atoms with Crippen molar-refractivity contribution < 1.29 is 19.4 Å². The van der Waals surface area contributed by atoms with Crippen LogP contribution in [0.1, 0.15) is 52.5 Å². The Morgan fingerprint density at radius 2 is 2.11 bits per heavy atom. The second-order valence-corrected chi connectivity index (χ2v) is 7.96. The van der Waals surface area contributed by atoms with Crippen LogP contribution in [0.25, 0.3) is 11.1 Å². The maximum Gasteiger partial charge on any atom is 0.341 e. The fraction of sp³-hybridized carbons (Fsp3) is 0.364. The summed E-state index contributed by atoms with van der Waals surface area (Å²) in [6, 6.07) is 7.64. The molecule has 0 unspecified atom stereocenters. The Morgan fingerprint density at radius 1 is 1.25 bits per heavy atom. The molecular weight excluding hydrogens is 358 g/mol. The summed E-state index contributed by atoms with van der Waals surface area (Å²) in [5, 5.41) is 9.39. The minimum absolute atomic E-state index is 0.00593. The van der Waals surface area contributed by atoms with E-state index in [4.69, 9.17) is 9.47 Å². The number of benzene rings is 1. The van der Waals surface area contributed by atoms with Gasteiger partial charge in [0, 0.05) is 36.5 Å². The minimum Gasteiger partial charge on any atom is -0.490 e. The zero-order valence-electron chi connectivity index (χ0n) is 15.2. The molecule has 0 amide bonds.